The number of nitriles is 1. The van der Waals surface area contributed by atoms with Gasteiger partial charge in [-0.3, -0.25) is 0 Å². The minimum Gasteiger partial charge on any atom is -0.474 e. The molecule has 0 spiro atoms. The maximum Gasteiger partial charge on any atom is 0.184 e. The Balaban J connectivity index is 2.83. The van der Waals surface area contributed by atoms with E-state index in [2.05, 4.69) is 6.07 Å². The standard InChI is InChI=1S/C11H13ClN2O/c1-2-9(7-14)15-11-4-3-8(6-13)5-10(11)12/h3-5,9H,2,6,13H2,1H3. The normalized spacial score (nSPS) is 11.9. The van der Waals surface area contributed by atoms with Crippen LogP contribution in [-0.2, 0) is 6.54 Å². The molecule has 0 aliphatic heterocycles. The van der Waals surface area contributed by atoms with Crippen molar-refractivity contribution in [3.05, 3.63) is 28.8 Å². The van der Waals surface area contributed by atoms with Gasteiger partial charge in [-0.1, -0.05) is 24.6 Å². The zero-order valence-corrected chi connectivity index (χ0v) is 9.29. The van der Waals surface area contributed by atoms with E-state index in [1.54, 1.807) is 12.1 Å². The zero-order chi connectivity index (χ0) is 11.3. The van der Waals surface area contributed by atoms with Gasteiger partial charge in [0.1, 0.15) is 11.8 Å². The van der Waals surface area contributed by atoms with E-state index < -0.39 is 6.10 Å². The van der Waals surface area contributed by atoms with Crippen molar-refractivity contribution in [2.24, 2.45) is 5.73 Å². The lowest BCUT2D eigenvalue weighted by molar-refractivity contribution is 0.252. The molecular weight excluding hydrogens is 212 g/mol. The molecule has 1 atom stereocenters. The summed E-state index contributed by atoms with van der Waals surface area (Å²) in [5, 5.41) is 9.23. The third kappa shape index (κ3) is 3.12. The van der Waals surface area contributed by atoms with E-state index in [4.69, 9.17) is 27.3 Å². The van der Waals surface area contributed by atoms with Gasteiger partial charge in [0.25, 0.3) is 0 Å². The molecule has 1 rings (SSSR count). The number of ether oxygens (including phenoxy) is 1. The molecule has 1 aromatic rings. The molecule has 0 radical (unpaired) electrons. The lowest BCUT2D eigenvalue weighted by Crippen LogP contribution is -2.12. The molecule has 0 amide bonds. The SMILES string of the molecule is CCC(C#N)Oc1ccc(CN)cc1Cl. The van der Waals surface area contributed by atoms with Crippen LogP contribution < -0.4 is 10.5 Å². The molecule has 0 saturated carbocycles. The Bertz CT molecular complexity index is 373. The van der Waals surface area contributed by atoms with Gasteiger partial charge in [0.15, 0.2) is 6.10 Å². The summed E-state index contributed by atoms with van der Waals surface area (Å²) in [4.78, 5) is 0. The number of hydrogen-bond donors (Lipinski definition) is 1. The number of nitrogens with two attached hydrogens (primary N) is 1. The monoisotopic (exact) mass is 224 g/mol. The van der Waals surface area contributed by atoms with Gasteiger partial charge in [-0.2, -0.15) is 5.26 Å². The molecule has 1 aromatic carbocycles. The molecule has 1 unspecified atom stereocenters. The van der Waals surface area contributed by atoms with Gasteiger partial charge in [0.05, 0.1) is 5.02 Å². The summed E-state index contributed by atoms with van der Waals surface area (Å²) in [7, 11) is 0. The molecule has 4 heteroatoms. The van der Waals surface area contributed by atoms with Gasteiger partial charge in [0, 0.05) is 6.54 Å². The number of rotatable bonds is 4. The molecule has 0 aromatic heterocycles. The predicted octanol–water partition coefficient (Wildman–Crippen LogP) is 2.48. The summed E-state index contributed by atoms with van der Waals surface area (Å²) in [6.45, 7) is 2.32. The molecule has 0 heterocycles. The number of hydrogen-bond acceptors (Lipinski definition) is 3. The third-order valence-corrected chi connectivity index (χ3v) is 2.31. The average molecular weight is 225 g/mol. The number of benzene rings is 1. The highest BCUT2D eigenvalue weighted by Crippen LogP contribution is 2.26. The Hall–Kier alpha value is -1.24. The molecule has 0 saturated heterocycles. The van der Waals surface area contributed by atoms with E-state index in [9.17, 15) is 0 Å². The maximum atomic E-state index is 8.74. The van der Waals surface area contributed by atoms with Crippen LogP contribution in [0.1, 0.15) is 18.9 Å². The highest BCUT2D eigenvalue weighted by molar-refractivity contribution is 6.32. The van der Waals surface area contributed by atoms with E-state index in [-0.39, 0.29) is 0 Å². The summed E-state index contributed by atoms with van der Waals surface area (Å²) < 4.78 is 5.41. The molecule has 2 N–H and O–H groups in total. The Kier molecular flexibility index (Phi) is 4.41. The lowest BCUT2D eigenvalue weighted by atomic mass is 10.2. The van der Waals surface area contributed by atoms with Crippen LogP contribution >= 0.6 is 11.6 Å². The second kappa shape index (κ2) is 5.59. The van der Waals surface area contributed by atoms with Gasteiger partial charge in [-0.25, -0.2) is 0 Å². The Morgan fingerprint density at radius 1 is 1.60 bits per heavy atom. The van der Waals surface area contributed by atoms with E-state index in [1.165, 1.54) is 0 Å². The van der Waals surface area contributed by atoms with E-state index in [1.807, 2.05) is 13.0 Å². The second-order valence-electron chi connectivity index (χ2n) is 3.11. The van der Waals surface area contributed by atoms with Gasteiger partial charge in [-0.15, -0.1) is 0 Å². The quantitative estimate of drug-likeness (QED) is 0.855. The fraction of sp³-hybridized carbons (Fsp3) is 0.364. The van der Waals surface area contributed by atoms with Crippen molar-refractivity contribution in [1.29, 1.82) is 5.26 Å². The fourth-order valence-electron chi connectivity index (χ4n) is 1.12. The first-order valence-corrected chi connectivity index (χ1v) is 5.13. The minimum absolute atomic E-state index is 0.440. The minimum atomic E-state index is -0.453. The van der Waals surface area contributed by atoms with Crippen LogP contribution in [0.15, 0.2) is 18.2 Å². The molecule has 0 aliphatic rings. The van der Waals surface area contributed by atoms with Gasteiger partial charge < -0.3 is 10.5 Å². The van der Waals surface area contributed by atoms with Crippen LogP contribution in [0.2, 0.25) is 5.02 Å². The third-order valence-electron chi connectivity index (χ3n) is 2.02. The van der Waals surface area contributed by atoms with Crippen LogP contribution in [0.4, 0.5) is 0 Å². The highest BCUT2D eigenvalue weighted by Gasteiger charge is 2.09. The summed E-state index contributed by atoms with van der Waals surface area (Å²) in [6, 6.07) is 7.38. The molecule has 0 bridgehead atoms. The fourth-order valence-corrected chi connectivity index (χ4v) is 1.37. The van der Waals surface area contributed by atoms with Crippen molar-refractivity contribution in [3.63, 3.8) is 0 Å². The van der Waals surface area contributed by atoms with Crippen LogP contribution in [0, 0.1) is 11.3 Å². The van der Waals surface area contributed by atoms with Crippen LogP contribution in [0.5, 0.6) is 5.75 Å². The van der Waals surface area contributed by atoms with Gasteiger partial charge >= 0.3 is 0 Å². The first-order valence-electron chi connectivity index (χ1n) is 4.76. The number of nitrogens with zero attached hydrogens (tertiary/aromatic N) is 1. The first-order chi connectivity index (χ1) is 7.21. The van der Waals surface area contributed by atoms with Crippen LogP contribution in [0.25, 0.3) is 0 Å². The van der Waals surface area contributed by atoms with Crippen molar-refractivity contribution in [3.8, 4) is 11.8 Å². The highest BCUT2D eigenvalue weighted by atomic mass is 35.5. The average Bonchev–Trinajstić information content (AvgIpc) is 2.27. The van der Waals surface area contributed by atoms with Gasteiger partial charge in [-0.05, 0) is 24.1 Å². The molecular formula is C11H13ClN2O. The maximum absolute atomic E-state index is 8.74. The van der Waals surface area contributed by atoms with Crippen molar-refractivity contribution in [1.82, 2.24) is 0 Å². The largest absolute Gasteiger partial charge is 0.474 e. The summed E-state index contributed by atoms with van der Waals surface area (Å²) in [5.74, 6) is 0.530. The molecule has 0 aliphatic carbocycles. The van der Waals surface area contributed by atoms with E-state index >= 15 is 0 Å². The second-order valence-corrected chi connectivity index (χ2v) is 3.52. The molecule has 0 fully saturated rings. The smallest absolute Gasteiger partial charge is 0.184 e. The Morgan fingerprint density at radius 3 is 2.80 bits per heavy atom. The molecule has 3 nitrogen and oxygen atoms in total. The Labute approximate surface area is 94.4 Å². The summed E-state index contributed by atoms with van der Waals surface area (Å²) in [6.07, 6.45) is 0.178. The molecule has 80 valence electrons. The van der Waals surface area contributed by atoms with Crippen LogP contribution in [0.3, 0.4) is 0 Å². The van der Waals surface area contributed by atoms with E-state index in [0.29, 0.717) is 23.7 Å². The Morgan fingerprint density at radius 2 is 2.33 bits per heavy atom. The topological polar surface area (TPSA) is 59.0 Å². The van der Waals surface area contributed by atoms with Crippen molar-refractivity contribution in [2.45, 2.75) is 26.0 Å². The van der Waals surface area contributed by atoms with Gasteiger partial charge in [0.2, 0.25) is 0 Å². The van der Waals surface area contributed by atoms with E-state index in [0.717, 1.165) is 5.56 Å². The lowest BCUT2D eigenvalue weighted by Gasteiger charge is -2.12. The summed E-state index contributed by atoms with van der Waals surface area (Å²) in [5.41, 5.74) is 6.41. The van der Waals surface area contributed by atoms with Crippen molar-refractivity contribution < 1.29 is 4.74 Å². The number of halogens is 1. The van der Waals surface area contributed by atoms with Crippen molar-refractivity contribution in [2.75, 3.05) is 0 Å². The van der Waals surface area contributed by atoms with Crippen LogP contribution in [-0.4, -0.2) is 6.10 Å². The predicted molar refractivity (Wildman–Crippen MR) is 59.7 cm³/mol. The molecule has 15 heavy (non-hydrogen) atoms. The zero-order valence-electron chi connectivity index (χ0n) is 8.53. The van der Waals surface area contributed by atoms with Crippen molar-refractivity contribution >= 4 is 11.6 Å². The first kappa shape index (κ1) is 11.8. The summed E-state index contributed by atoms with van der Waals surface area (Å²) >= 11 is 5.98.